The van der Waals surface area contributed by atoms with Crippen LogP contribution in [-0.4, -0.2) is 19.2 Å². The lowest BCUT2D eigenvalue weighted by Gasteiger charge is -2.03. The molecule has 0 amide bonds. The summed E-state index contributed by atoms with van der Waals surface area (Å²) in [5, 5.41) is 1.84. The van der Waals surface area contributed by atoms with Crippen molar-refractivity contribution in [2.75, 3.05) is 7.11 Å². The maximum atomic E-state index is 11.2. The third kappa shape index (κ3) is 1.83. The number of hydrogen-bond donors (Lipinski definition) is 0. The highest BCUT2D eigenvalue weighted by atomic mass is 32.1. The highest BCUT2D eigenvalue weighted by Gasteiger charge is 2.26. The number of carbonyl (C=O) groups is 1. The maximum Gasteiger partial charge on any atom is 0.351 e. The normalized spacial score (nSPS) is 15.5. The minimum Gasteiger partial charge on any atom is -0.489 e. The topological polar surface area (TPSA) is 35.5 Å². The lowest BCUT2D eigenvalue weighted by molar-refractivity contribution is 0.0602. The van der Waals surface area contributed by atoms with Gasteiger partial charge in [0.2, 0.25) is 0 Å². The van der Waals surface area contributed by atoms with Crippen LogP contribution in [0, 0.1) is 0 Å². The van der Waals surface area contributed by atoms with Gasteiger partial charge in [0.25, 0.3) is 0 Å². The van der Waals surface area contributed by atoms with Crippen molar-refractivity contribution >= 4 is 17.3 Å². The lowest BCUT2D eigenvalue weighted by Crippen LogP contribution is -2.03. The van der Waals surface area contributed by atoms with Gasteiger partial charge in [0.15, 0.2) is 4.88 Å². The standard InChI is InChI=1S/C9H10O3S/c1-11-9(10)8-7(4-5-13-8)12-6-2-3-6/h4-6H,2-3H2,1H3. The summed E-state index contributed by atoms with van der Waals surface area (Å²) in [4.78, 5) is 11.8. The van der Waals surface area contributed by atoms with Gasteiger partial charge in [-0.2, -0.15) is 0 Å². The van der Waals surface area contributed by atoms with Crippen LogP contribution in [0.25, 0.3) is 0 Å². The van der Waals surface area contributed by atoms with Crippen molar-refractivity contribution in [3.63, 3.8) is 0 Å². The summed E-state index contributed by atoms with van der Waals surface area (Å²) in [6.45, 7) is 0. The molecule has 1 aromatic heterocycles. The van der Waals surface area contributed by atoms with Crippen molar-refractivity contribution in [2.45, 2.75) is 18.9 Å². The van der Waals surface area contributed by atoms with Crippen LogP contribution in [0.4, 0.5) is 0 Å². The molecule has 70 valence electrons. The van der Waals surface area contributed by atoms with Gasteiger partial charge in [-0.1, -0.05) is 0 Å². The van der Waals surface area contributed by atoms with E-state index in [0.29, 0.717) is 16.7 Å². The Morgan fingerprint density at radius 1 is 1.62 bits per heavy atom. The third-order valence-corrected chi connectivity index (χ3v) is 2.69. The first-order valence-electron chi connectivity index (χ1n) is 4.13. The van der Waals surface area contributed by atoms with Gasteiger partial charge in [0.05, 0.1) is 13.2 Å². The summed E-state index contributed by atoms with van der Waals surface area (Å²) in [5.74, 6) is 0.352. The molecule has 2 rings (SSSR count). The number of esters is 1. The Morgan fingerprint density at radius 2 is 2.38 bits per heavy atom. The van der Waals surface area contributed by atoms with Crippen molar-refractivity contribution in [3.05, 3.63) is 16.3 Å². The molecule has 1 saturated carbocycles. The van der Waals surface area contributed by atoms with Crippen molar-refractivity contribution in [2.24, 2.45) is 0 Å². The fraction of sp³-hybridized carbons (Fsp3) is 0.444. The van der Waals surface area contributed by atoms with Gasteiger partial charge in [-0.3, -0.25) is 0 Å². The number of hydrogen-bond acceptors (Lipinski definition) is 4. The highest BCUT2D eigenvalue weighted by molar-refractivity contribution is 7.12. The van der Waals surface area contributed by atoms with Crippen LogP contribution in [0.15, 0.2) is 11.4 Å². The lowest BCUT2D eigenvalue weighted by atomic mass is 10.4. The Morgan fingerprint density at radius 3 is 3.00 bits per heavy atom. The number of carbonyl (C=O) groups excluding carboxylic acids is 1. The molecule has 0 spiro atoms. The Kier molecular flexibility index (Phi) is 2.22. The fourth-order valence-corrected chi connectivity index (χ4v) is 1.74. The Labute approximate surface area is 80.3 Å². The van der Waals surface area contributed by atoms with E-state index in [0.717, 1.165) is 12.8 Å². The van der Waals surface area contributed by atoms with Gasteiger partial charge in [-0.25, -0.2) is 4.79 Å². The molecule has 0 N–H and O–H groups in total. The smallest absolute Gasteiger partial charge is 0.351 e. The molecule has 1 aromatic rings. The molecule has 0 atom stereocenters. The van der Waals surface area contributed by atoms with Gasteiger partial charge in [-0.15, -0.1) is 11.3 Å². The largest absolute Gasteiger partial charge is 0.489 e. The van der Waals surface area contributed by atoms with E-state index in [1.807, 2.05) is 11.4 Å². The summed E-state index contributed by atoms with van der Waals surface area (Å²) in [5.41, 5.74) is 0. The first-order valence-corrected chi connectivity index (χ1v) is 5.01. The highest BCUT2D eigenvalue weighted by Crippen LogP contribution is 2.32. The fourth-order valence-electron chi connectivity index (χ4n) is 0.997. The summed E-state index contributed by atoms with van der Waals surface area (Å²) in [6.07, 6.45) is 2.51. The van der Waals surface area contributed by atoms with Crippen molar-refractivity contribution in [1.29, 1.82) is 0 Å². The van der Waals surface area contributed by atoms with Crippen LogP contribution in [0.3, 0.4) is 0 Å². The zero-order chi connectivity index (χ0) is 9.26. The molecular weight excluding hydrogens is 188 g/mol. The first-order chi connectivity index (χ1) is 6.31. The van der Waals surface area contributed by atoms with E-state index in [4.69, 9.17) is 4.74 Å². The molecule has 3 nitrogen and oxygen atoms in total. The molecule has 13 heavy (non-hydrogen) atoms. The maximum absolute atomic E-state index is 11.2. The van der Waals surface area contributed by atoms with E-state index in [9.17, 15) is 4.79 Å². The molecule has 0 aliphatic heterocycles. The summed E-state index contributed by atoms with van der Waals surface area (Å²) in [6, 6.07) is 1.81. The van der Waals surface area contributed by atoms with E-state index >= 15 is 0 Å². The van der Waals surface area contributed by atoms with Gasteiger partial charge >= 0.3 is 5.97 Å². The molecule has 0 saturated heterocycles. The van der Waals surface area contributed by atoms with Crippen LogP contribution >= 0.6 is 11.3 Å². The van der Waals surface area contributed by atoms with Crippen LogP contribution in [0.1, 0.15) is 22.5 Å². The van der Waals surface area contributed by atoms with Crippen LogP contribution < -0.4 is 4.74 Å². The second-order valence-corrected chi connectivity index (χ2v) is 3.84. The molecule has 1 aliphatic carbocycles. The number of methoxy groups -OCH3 is 1. The van der Waals surface area contributed by atoms with Crippen LogP contribution in [0.2, 0.25) is 0 Å². The SMILES string of the molecule is COC(=O)c1sccc1OC1CC1. The molecule has 4 heteroatoms. The van der Waals surface area contributed by atoms with Gasteiger partial charge in [0, 0.05) is 0 Å². The van der Waals surface area contributed by atoms with Crippen molar-refractivity contribution in [1.82, 2.24) is 0 Å². The molecule has 0 bridgehead atoms. The molecule has 0 radical (unpaired) electrons. The predicted molar refractivity (Wildman–Crippen MR) is 49.3 cm³/mol. The first kappa shape index (κ1) is 8.56. The molecule has 0 aromatic carbocycles. The minimum atomic E-state index is -0.314. The summed E-state index contributed by atoms with van der Waals surface area (Å²) in [7, 11) is 1.38. The molecule has 1 fully saturated rings. The zero-order valence-electron chi connectivity index (χ0n) is 7.28. The number of ether oxygens (including phenoxy) is 2. The Hall–Kier alpha value is -1.03. The minimum absolute atomic E-state index is 0.314. The molecule has 1 heterocycles. The van der Waals surface area contributed by atoms with E-state index in [1.165, 1.54) is 18.4 Å². The quantitative estimate of drug-likeness (QED) is 0.697. The van der Waals surface area contributed by atoms with Crippen molar-refractivity contribution < 1.29 is 14.3 Å². The van der Waals surface area contributed by atoms with Crippen LogP contribution in [-0.2, 0) is 4.74 Å². The van der Waals surface area contributed by atoms with E-state index in [-0.39, 0.29) is 5.97 Å². The van der Waals surface area contributed by atoms with Gasteiger partial charge in [0.1, 0.15) is 5.75 Å². The summed E-state index contributed by atoms with van der Waals surface area (Å²) < 4.78 is 10.2. The molecule has 1 aliphatic rings. The molecular formula is C9H10O3S. The van der Waals surface area contributed by atoms with E-state index < -0.39 is 0 Å². The van der Waals surface area contributed by atoms with Gasteiger partial charge < -0.3 is 9.47 Å². The number of rotatable bonds is 3. The van der Waals surface area contributed by atoms with E-state index in [1.54, 1.807) is 0 Å². The predicted octanol–water partition coefficient (Wildman–Crippen LogP) is 2.08. The zero-order valence-corrected chi connectivity index (χ0v) is 8.10. The molecule has 0 unspecified atom stereocenters. The Bertz CT molecular complexity index is 314. The monoisotopic (exact) mass is 198 g/mol. The summed E-state index contributed by atoms with van der Waals surface area (Å²) >= 11 is 1.35. The van der Waals surface area contributed by atoms with Crippen LogP contribution in [0.5, 0.6) is 5.75 Å². The average Bonchev–Trinajstić information content (AvgIpc) is 2.82. The second-order valence-electron chi connectivity index (χ2n) is 2.92. The second kappa shape index (κ2) is 3.38. The Balaban J connectivity index is 2.14. The number of thiophene rings is 1. The van der Waals surface area contributed by atoms with Gasteiger partial charge in [-0.05, 0) is 24.3 Å². The average molecular weight is 198 g/mol. The van der Waals surface area contributed by atoms with Crippen molar-refractivity contribution in [3.8, 4) is 5.75 Å². The van der Waals surface area contributed by atoms with E-state index in [2.05, 4.69) is 4.74 Å². The third-order valence-electron chi connectivity index (χ3n) is 1.82.